The van der Waals surface area contributed by atoms with Crippen LogP contribution in [0.4, 0.5) is 10.8 Å². The van der Waals surface area contributed by atoms with Gasteiger partial charge in [0, 0.05) is 28.5 Å². The number of hydrogen-bond donors (Lipinski definition) is 3. The molecule has 0 radical (unpaired) electrons. The fourth-order valence-electron chi connectivity index (χ4n) is 3.01. The molecule has 0 saturated carbocycles. The van der Waals surface area contributed by atoms with Gasteiger partial charge in [-0.05, 0) is 36.8 Å². The molecule has 2 aromatic carbocycles. The predicted molar refractivity (Wildman–Crippen MR) is 126 cm³/mol. The highest BCUT2D eigenvalue weighted by Crippen LogP contribution is 2.28. The van der Waals surface area contributed by atoms with Crippen LogP contribution in [-0.2, 0) is 16.6 Å². The van der Waals surface area contributed by atoms with Crippen LogP contribution >= 0.6 is 11.3 Å². The van der Waals surface area contributed by atoms with E-state index in [9.17, 15) is 9.59 Å². The lowest BCUT2D eigenvalue weighted by molar-refractivity contribution is -0.119. The summed E-state index contributed by atoms with van der Waals surface area (Å²) >= 11 is 1.56. The molecule has 7 heteroatoms. The van der Waals surface area contributed by atoms with Crippen LogP contribution in [0, 0.1) is 6.92 Å². The second kappa shape index (κ2) is 9.31. The van der Waals surface area contributed by atoms with E-state index in [-0.39, 0.29) is 11.3 Å². The topological polar surface area (TPSA) is 97.1 Å². The number of nitrogens with one attached hydrogen (secondary N) is 2. The first-order valence-electron chi connectivity index (χ1n) is 10.1. The van der Waals surface area contributed by atoms with Crippen LogP contribution in [-0.4, -0.2) is 22.8 Å². The third-order valence-electron chi connectivity index (χ3n) is 4.85. The molecule has 162 valence electrons. The first kappa shape index (κ1) is 22.5. The number of thiazole rings is 1. The molecule has 1 unspecified atom stereocenters. The number of hydrogen-bond acceptors (Lipinski definition) is 5. The summed E-state index contributed by atoms with van der Waals surface area (Å²) in [7, 11) is 0. The minimum absolute atomic E-state index is 0.00689. The van der Waals surface area contributed by atoms with Crippen molar-refractivity contribution in [2.75, 3.05) is 5.32 Å². The van der Waals surface area contributed by atoms with E-state index in [1.54, 1.807) is 23.5 Å². The zero-order valence-electron chi connectivity index (χ0n) is 18.2. The van der Waals surface area contributed by atoms with Crippen LogP contribution in [0.1, 0.15) is 48.0 Å². The Balaban J connectivity index is 1.64. The maximum absolute atomic E-state index is 12.5. The molecule has 0 aliphatic rings. The number of rotatable bonds is 7. The summed E-state index contributed by atoms with van der Waals surface area (Å²) in [6.07, 6.45) is 0.318. The van der Waals surface area contributed by atoms with Gasteiger partial charge >= 0.3 is 0 Å². The molecule has 6 nitrogen and oxygen atoms in total. The van der Waals surface area contributed by atoms with E-state index in [0.717, 1.165) is 27.6 Å². The first-order valence-corrected chi connectivity index (χ1v) is 11.0. The maximum Gasteiger partial charge on any atom is 0.251 e. The van der Waals surface area contributed by atoms with Gasteiger partial charge in [-0.15, -0.1) is 11.3 Å². The Morgan fingerprint density at radius 1 is 1.13 bits per heavy atom. The molecule has 0 aliphatic heterocycles. The van der Waals surface area contributed by atoms with Gasteiger partial charge in [0.1, 0.15) is 6.04 Å². The van der Waals surface area contributed by atoms with Gasteiger partial charge in [0.05, 0.1) is 5.69 Å². The molecule has 0 fully saturated rings. The summed E-state index contributed by atoms with van der Waals surface area (Å²) in [6, 6.07) is 14.1. The second-order valence-corrected chi connectivity index (χ2v) is 9.47. The fraction of sp³-hybridized carbons (Fsp3) is 0.292. The zero-order valence-corrected chi connectivity index (χ0v) is 19.0. The van der Waals surface area contributed by atoms with E-state index < -0.39 is 11.9 Å². The highest BCUT2D eigenvalue weighted by atomic mass is 32.1. The van der Waals surface area contributed by atoms with Gasteiger partial charge in [-0.1, -0.05) is 50.6 Å². The van der Waals surface area contributed by atoms with Gasteiger partial charge in [-0.3, -0.25) is 9.59 Å². The Morgan fingerprint density at radius 3 is 2.42 bits per heavy atom. The van der Waals surface area contributed by atoms with Crippen molar-refractivity contribution in [3.05, 3.63) is 76.3 Å². The van der Waals surface area contributed by atoms with Crippen LogP contribution in [0.5, 0.6) is 0 Å². The minimum atomic E-state index is -0.792. The number of primary amides is 1. The van der Waals surface area contributed by atoms with Gasteiger partial charge in [0.2, 0.25) is 5.91 Å². The maximum atomic E-state index is 12.5. The summed E-state index contributed by atoms with van der Waals surface area (Å²) in [5, 5.41) is 8.94. The monoisotopic (exact) mass is 436 g/mol. The van der Waals surface area contributed by atoms with Crippen molar-refractivity contribution in [3.63, 3.8) is 0 Å². The number of nitrogens with two attached hydrogens (primary N) is 1. The quantitative estimate of drug-likeness (QED) is 0.514. The van der Waals surface area contributed by atoms with Crippen LogP contribution in [0.2, 0.25) is 0 Å². The van der Waals surface area contributed by atoms with Crippen molar-refractivity contribution in [3.8, 4) is 0 Å². The predicted octanol–water partition coefficient (Wildman–Crippen LogP) is 4.32. The van der Waals surface area contributed by atoms with Gasteiger partial charge in [0.15, 0.2) is 5.13 Å². The van der Waals surface area contributed by atoms with E-state index >= 15 is 0 Å². The molecular formula is C24H28N4O2S. The molecule has 1 heterocycles. The number of carbonyl (C=O) groups is 2. The largest absolute Gasteiger partial charge is 0.368 e. The fourth-order valence-corrected chi connectivity index (χ4v) is 3.97. The molecule has 0 aliphatic carbocycles. The molecule has 3 rings (SSSR count). The van der Waals surface area contributed by atoms with Crippen molar-refractivity contribution in [1.29, 1.82) is 0 Å². The summed E-state index contributed by atoms with van der Waals surface area (Å²) in [6.45, 7) is 8.31. The van der Waals surface area contributed by atoms with E-state index in [4.69, 9.17) is 5.73 Å². The Labute approximate surface area is 186 Å². The summed E-state index contributed by atoms with van der Waals surface area (Å²) in [5.41, 5.74) is 9.87. The normalized spacial score (nSPS) is 12.3. The van der Waals surface area contributed by atoms with Crippen LogP contribution in [0.25, 0.3) is 0 Å². The molecule has 31 heavy (non-hydrogen) atoms. The van der Waals surface area contributed by atoms with Crippen LogP contribution in [0.3, 0.4) is 0 Å². The van der Waals surface area contributed by atoms with E-state index in [2.05, 4.69) is 41.8 Å². The highest BCUT2D eigenvalue weighted by molar-refractivity contribution is 7.13. The first-order chi connectivity index (χ1) is 14.6. The number of anilines is 2. The third-order valence-corrected chi connectivity index (χ3v) is 5.60. The van der Waals surface area contributed by atoms with Crippen LogP contribution < -0.4 is 16.4 Å². The molecule has 1 atom stereocenters. The van der Waals surface area contributed by atoms with Crippen molar-refractivity contribution in [1.82, 2.24) is 10.3 Å². The number of amides is 2. The van der Waals surface area contributed by atoms with E-state index in [0.29, 0.717) is 12.0 Å². The average Bonchev–Trinajstić information content (AvgIpc) is 3.18. The third kappa shape index (κ3) is 6.15. The van der Waals surface area contributed by atoms with Crippen LogP contribution in [0.15, 0.2) is 53.9 Å². The van der Waals surface area contributed by atoms with E-state index in [1.807, 2.05) is 43.3 Å². The second-order valence-electron chi connectivity index (χ2n) is 8.61. The van der Waals surface area contributed by atoms with Crippen molar-refractivity contribution >= 4 is 34.0 Å². The zero-order chi connectivity index (χ0) is 22.6. The average molecular weight is 437 g/mol. The minimum Gasteiger partial charge on any atom is -0.368 e. The Morgan fingerprint density at radius 2 is 1.84 bits per heavy atom. The molecule has 4 N–H and O–H groups in total. The summed E-state index contributed by atoms with van der Waals surface area (Å²) in [5.74, 6) is -0.884. The SMILES string of the molecule is Cc1cccc(C(=O)NC(Cc2ccc(Nc3nc(C(C)(C)C)cs3)cc2)C(N)=O)c1. The number of aromatic nitrogens is 1. The highest BCUT2D eigenvalue weighted by Gasteiger charge is 2.20. The smallest absolute Gasteiger partial charge is 0.251 e. The summed E-state index contributed by atoms with van der Waals surface area (Å²) < 4.78 is 0. The molecular weight excluding hydrogens is 408 g/mol. The number of benzene rings is 2. The molecule has 0 bridgehead atoms. The van der Waals surface area contributed by atoms with E-state index in [1.165, 1.54) is 0 Å². The standard InChI is InChI=1S/C24H28N4O2S/c1-15-6-5-7-17(12-15)22(30)27-19(21(25)29)13-16-8-10-18(11-9-16)26-23-28-20(14-31-23)24(2,3)4/h5-12,14,19H,13H2,1-4H3,(H2,25,29)(H,26,28)(H,27,30). The molecule has 0 spiro atoms. The summed E-state index contributed by atoms with van der Waals surface area (Å²) in [4.78, 5) is 29.1. The Bertz CT molecular complexity index is 1070. The molecule has 0 saturated heterocycles. The number of aryl methyl sites for hydroxylation is 1. The van der Waals surface area contributed by atoms with Gasteiger partial charge < -0.3 is 16.4 Å². The van der Waals surface area contributed by atoms with Crippen molar-refractivity contribution < 1.29 is 9.59 Å². The Kier molecular flexibility index (Phi) is 6.75. The van der Waals surface area contributed by atoms with Crippen molar-refractivity contribution in [2.24, 2.45) is 5.73 Å². The van der Waals surface area contributed by atoms with Gasteiger partial charge in [-0.2, -0.15) is 0 Å². The molecule has 3 aromatic rings. The lowest BCUT2D eigenvalue weighted by Gasteiger charge is -2.16. The van der Waals surface area contributed by atoms with Gasteiger partial charge in [0.25, 0.3) is 5.91 Å². The lowest BCUT2D eigenvalue weighted by Crippen LogP contribution is -2.45. The number of carbonyl (C=O) groups excluding carboxylic acids is 2. The van der Waals surface area contributed by atoms with Crippen molar-refractivity contribution in [2.45, 2.75) is 45.6 Å². The Hall–Kier alpha value is -3.19. The van der Waals surface area contributed by atoms with Gasteiger partial charge in [-0.25, -0.2) is 4.98 Å². The number of nitrogens with zero attached hydrogens (tertiary/aromatic N) is 1. The molecule has 2 amide bonds. The molecule has 1 aromatic heterocycles. The lowest BCUT2D eigenvalue weighted by atomic mass is 9.93.